The smallest absolute Gasteiger partial charge is 0.234 e. The van der Waals surface area contributed by atoms with Gasteiger partial charge in [0.1, 0.15) is 0 Å². The third-order valence-electron chi connectivity index (χ3n) is 1.39. The van der Waals surface area contributed by atoms with Crippen LogP contribution in [0.25, 0.3) is 0 Å². The van der Waals surface area contributed by atoms with Gasteiger partial charge < -0.3 is 11.1 Å². The van der Waals surface area contributed by atoms with E-state index in [1.165, 1.54) is 6.20 Å². The second kappa shape index (κ2) is 5.57. The van der Waals surface area contributed by atoms with Crippen LogP contribution >= 0.6 is 23.4 Å². The van der Waals surface area contributed by atoms with Crippen LogP contribution in [0.2, 0.25) is 5.15 Å². The summed E-state index contributed by atoms with van der Waals surface area (Å²) in [5.41, 5.74) is 5.54. The molecule has 0 saturated heterocycles. The number of halogens is 1. The van der Waals surface area contributed by atoms with Gasteiger partial charge in [0.25, 0.3) is 0 Å². The predicted molar refractivity (Wildman–Crippen MR) is 62.2 cm³/mol. The fourth-order valence-corrected chi connectivity index (χ4v) is 1.33. The third-order valence-corrected chi connectivity index (χ3v) is 2.41. The Morgan fingerprint density at radius 1 is 1.73 bits per heavy atom. The lowest BCUT2D eigenvalue weighted by atomic mass is 10.4. The summed E-state index contributed by atoms with van der Waals surface area (Å²) in [7, 11) is 0. The van der Waals surface area contributed by atoms with Crippen LogP contribution in [0, 0.1) is 5.41 Å². The summed E-state index contributed by atoms with van der Waals surface area (Å²) < 4.78 is 0. The van der Waals surface area contributed by atoms with Crippen LogP contribution in [0.1, 0.15) is 0 Å². The van der Waals surface area contributed by atoms with Gasteiger partial charge in [0, 0.05) is 6.20 Å². The van der Waals surface area contributed by atoms with Gasteiger partial charge in [0.05, 0.1) is 11.4 Å². The van der Waals surface area contributed by atoms with Gasteiger partial charge in [-0.1, -0.05) is 23.4 Å². The van der Waals surface area contributed by atoms with E-state index < -0.39 is 0 Å². The number of hydrogen-bond acceptors (Lipinski definition) is 4. The first-order valence-corrected chi connectivity index (χ1v) is 5.33. The van der Waals surface area contributed by atoms with Crippen molar-refractivity contribution in [2.24, 2.45) is 5.73 Å². The number of rotatable bonds is 3. The molecular formula is C8H9ClN4OS. The number of hydrogen-bond donors (Lipinski definition) is 3. The monoisotopic (exact) mass is 244 g/mol. The summed E-state index contributed by atoms with van der Waals surface area (Å²) in [5.74, 6) is -0.189. The molecule has 7 heteroatoms. The maximum Gasteiger partial charge on any atom is 0.234 e. The van der Waals surface area contributed by atoms with E-state index in [-0.39, 0.29) is 22.0 Å². The van der Waals surface area contributed by atoms with Crippen LogP contribution < -0.4 is 11.1 Å². The molecule has 1 amide bonds. The average molecular weight is 245 g/mol. The van der Waals surface area contributed by atoms with Crippen LogP contribution in [0.5, 0.6) is 0 Å². The maximum atomic E-state index is 11.3. The number of amides is 1. The SMILES string of the molecule is N=C(N)SCC(=O)Nc1cccnc1Cl. The molecule has 1 aromatic rings. The molecule has 80 valence electrons. The predicted octanol–water partition coefficient (Wildman–Crippen LogP) is 1.30. The quantitative estimate of drug-likeness (QED) is 0.425. The van der Waals surface area contributed by atoms with Crippen molar-refractivity contribution in [1.29, 1.82) is 5.41 Å². The van der Waals surface area contributed by atoms with Crippen molar-refractivity contribution >= 4 is 40.1 Å². The lowest BCUT2D eigenvalue weighted by molar-refractivity contribution is -0.113. The first-order valence-electron chi connectivity index (χ1n) is 3.97. The highest BCUT2D eigenvalue weighted by Crippen LogP contribution is 2.17. The molecule has 1 rings (SSSR count). The molecule has 5 nitrogen and oxygen atoms in total. The minimum Gasteiger partial charge on any atom is -0.379 e. The zero-order chi connectivity index (χ0) is 11.3. The Balaban J connectivity index is 2.52. The van der Waals surface area contributed by atoms with Crippen LogP contribution in [-0.4, -0.2) is 21.8 Å². The molecule has 0 aliphatic carbocycles. The van der Waals surface area contributed by atoms with E-state index in [4.69, 9.17) is 22.7 Å². The summed E-state index contributed by atoms with van der Waals surface area (Å²) in [6.45, 7) is 0. The van der Waals surface area contributed by atoms with Gasteiger partial charge in [-0.25, -0.2) is 4.98 Å². The molecule has 0 radical (unpaired) electrons. The molecule has 0 aliphatic heterocycles. The van der Waals surface area contributed by atoms with E-state index in [9.17, 15) is 4.79 Å². The maximum absolute atomic E-state index is 11.3. The lowest BCUT2D eigenvalue weighted by Crippen LogP contribution is -2.17. The Labute approximate surface area is 95.9 Å². The molecule has 1 heterocycles. The van der Waals surface area contributed by atoms with Crippen molar-refractivity contribution < 1.29 is 4.79 Å². The number of nitrogens with one attached hydrogen (secondary N) is 2. The molecule has 4 N–H and O–H groups in total. The van der Waals surface area contributed by atoms with E-state index in [0.29, 0.717) is 5.69 Å². The van der Waals surface area contributed by atoms with E-state index in [1.807, 2.05) is 0 Å². The van der Waals surface area contributed by atoms with Crippen molar-refractivity contribution in [3.8, 4) is 0 Å². The average Bonchev–Trinajstić information content (AvgIpc) is 2.18. The number of pyridine rings is 1. The van der Waals surface area contributed by atoms with Gasteiger partial charge in [0.15, 0.2) is 10.3 Å². The molecule has 0 aliphatic rings. The second-order valence-corrected chi connectivity index (χ2v) is 3.92. The van der Waals surface area contributed by atoms with Crippen molar-refractivity contribution in [3.05, 3.63) is 23.5 Å². The number of nitrogens with two attached hydrogens (primary N) is 1. The molecule has 0 aromatic carbocycles. The third kappa shape index (κ3) is 4.18. The first kappa shape index (κ1) is 11.8. The van der Waals surface area contributed by atoms with Gasteiger partial charge in [-0.2, -0.15) is 0 Å². The summed E-state index contributed by atoms with van der Waals surface area (Å²) in [6.07, 6.45) is 1.53. The topological polar surface area (TPSA) is 91.9 Å². The number of aromatic nitrogens is 1. The van der Waals surface area contributed by atoms with Gasteiger partial charge in [-0.15, -0.1) is 0 Å². The summed E-state index contributed by atoms with van der Waals surface area (Å²) in [4.78, 5) is 15.1. The Bertz CT molecular complexity index is 385. The summed E-state index contributed by atoms with van der Waals surface area (Å²) >= 11 is 6.68. The highest BCUT2D eigenvalue weighted by Gasteiger charge is 2.06. The number of thioether (sulfide) groups is 1. The van der Waals surface area contributed by atoms with Gasteiger partial charge >= 0.3 is 0 Å². The van der Waals surface area contributed by atoms with Gasteiger partial charge in [-0.3, -0.25) is 10.2 Å². The van der Waals surface area contributed by atoms with Crippen molar-refractivity contribution in [2.45, 2.75) is 0 Å². The lowest BCUT2D eigenvalue weighted by Gasteiger charge is -2.05. The van der Waals surface area contributed by atoms with Crippen molar-refractivity contribution in [3.63, 3.8) is 0 Å². The second-order valence-electron chi connectivity index (χ2n) is 2.54. The Hall–Kier alpha value is -1.27. The fraction of sp³-hybridized carbons (Fsp3) is 0.125. The van der Waals surface area contributed by atoms with Gasteiger partial charge in [-0.05, 0) is 12.1 Å². The largest absolute Gasteiger partial charge is 0.379 e. The van der Waals surface area contributed by atoms with E-state index in [0.717, 1.165) is 11.8 Å². The van der Waals surface area contributed by atoms with Crippen LogP contribution in [-0.2, 0) is 4.79 Å². The van der Waals surface area contributed by atoms with Crippen LogP contribution in [0.15, 0.2) is 18.3 Å². The Morgan fingerprint density at radius 3 is 3.07 bits per heavy atom. The molecule has 0 spiro atoms. The standard InChI is InChI=1S/C8H9ClN4OS/c9-7-5(2-1-3-12-7)13-6(14)4-15-8(10)11/h1-3H,4H2,(H3,10,11)(H,13,14). The van der Waals surface area contributed by atoms with E-state index >= 15 is 0 Å². The molecule has 0 bridgehead atoms. The highest BCUT2D eigenvalue weighted by molar-refractivity contribution is 8.14. The van der Waals surface area contributed by atoms with Gasteiger partial charge in [0.2, 0.25) is 5.91 Å². The van der Waals surface area contributed by atoms with Crippen molar-refractivity contribution in [1.82, 2.24) is 4.98 Å². The zero-order valence-electron chi connectivity index (χ0n) is 7.66. The molecule has 0 saturated carbocycles. The summed E-state index contributed by atoms with van der Waals surface area (Å²) in [5, 5.41) is 9.63. The molecule has 0 atom stereocenters. The van der Waals surface area contributed by atoms with E-state index in [2.05, 4.69) is 10.3 Å². The molecule has 15 heavy (non-hydrogen) atoms. The number of anilines is 1. The number of amidine groups is 1. The minimum atomic E-state index is -0.273. The first-order chi connectivity index (χ1) is 7.09. The Morgan fingerprint density at radius 2 is 2.47 bits per heavy atom. The number of carbonyl (C=O) groups is 1. The molecule has 0 fully saturated rings. The molecule has 1 aromatic heterocycles. The van der Waals surface area contributed by atoms with Crippen LogP contribution in [0.4, 0.5) is 5.69 Å². The minimum absolute atomic E-state index is 0.0839. The number of carbonyl (C=O) groups excluding carboxylic acids is 1. The normalized spacial score (nSPS) is 9.67. The fourth-order valence-electron chi connectivity index (χ4n) is 0.809. The summed E-state index contributed by atoms with van der Waals surface area (Å²) in [6, 6.07) is 3.31. The van der Waals surface area contributed by atoms with E-state index in [1.54, 1.807) is 12.1 Å². The highest BCUT2D eigenvalue weighted by atomic mass is 35.5. The zero-order valence-corrected chi connectivity index (χ0v) is 9.23. The molecular weight excluding hydrogens is 236 g/mol. The van der Waals surface area contributed by atoms with Crippen LogP contribution in [0.3, 0.4) is 0 Å². The van der Waals surface area contributed by atoms with Crippen molar-refractivity contribution in [2.75, 3.05) is 11.1 Å². The molecule has 0 unspecified atom stereocenters. The Kier molecular flexibility index (Phi) is 4.38. The number of nitrogens with zero attached hydrogens (tertiary/aromatic N) is 1.